The largest absolute Gasteiger partial charge is 0.283 e. The van der Waals surface area contributed by atoms with Gasteiger partial charge in [-0.1, -0.05) is 24.3 Å². The highest BCUT2D eigenvalue weighted by Gasteiger charge is 2.33. The maximum absolute atomic E-state index is 11.0. The molecular formula is C16H14N2O2S. The van der Waals surface area contributed by atoms with Crippen LogP contribution in [-0.4, -0.2) is 16.4 Å². The zero-order valence-corrected chi connectivity index (χ0v) is 12.2. The van der Waals surface area contributed by atoms with E-state index in [4.69, 9.17) is 0 Å². The predicted octanol–water partition coefficient (Wildman–Crippen LogP) is 3.76. The van der Waals surface area contributed by atoms with Gasteiger partial charge in [0.2, 0.25) is 0 Å². The lowest BCUT2D eigenvalue weighted by atomic mass is 9.98. The Bertz CT molecular complexity index is 732. The quantitative estimate of drug-likeness (QED) is 0.594. The zero-order valence-electron chi connectivity index (χ0n) is 11.4. The van der Waals surface area contributed by atoms with Gasteiger partial charge in [-0.05, 0) is 29.2 Å². The van der Waals surface area contributed by atoms with E-state index in [2.05, 4.69) is 29.2 Å². The summed E-state index contributed by atoms with van der Waals surface area (Å²) >= 11 is 1.81. The van der Waals surface area contributed by atoms with E-state index < -0.39 is 0 Å². The fraction of sp³-hybridized carbons (Fsp3) is 0.250. The Hall–Kier alpha value is -1.85. The fourth-order valence-electron chi connectivity index (χ4n) is 3.12. The smallest absolute Gasteiger partial charge is 0.269 e. The second-order valence-corrected chi connectivity index (χ2v) is 6.56. The number of rotatable bonds is 1. The Morgan fingerprint density at radius 3 is 2.90 bits per heavy atom. The lowest BCUT2D eigenvalue weighted by molar-refractivity contribution is -0.385. The number of nitro groups is 1. The molecule has 106 valence electrons. The van der Waals surface area contributed by atoms with Gasteiger partial charge in [-0.15, -0.1) is 11.8 Å². The third-order valence-electron chi connectivity index (χ3n) is 4.19. The van der Waals surface area contributed by atoms with Crippen molar-refractivity contribution in [2.75, 3.05) is 6.54 Å². The first-order valence-corrected chi connectivity index (χ1v) is 7.86. The van der Waals surface area contributed by atoms with Crippen LogP contribution in [0.15, 0.2) is 47.4 Å². The van der Waals surface area contributed by atoms with Gasteiger partial charge in [0.15, 0.2) is 0 Å². The zero-order chi connectivity index (χ0) is 14.4. The standard InChI is InChI=1S/C16H14N2O2S/c19-18(20)13-6-5-11-7-8-17-10-12-3-1-2-4-15(12)21-16(17)14(11)9-13/h1-6,9,16H,7-8,10H2. The molecule has 0 saturated carbocycles. The molecule has 4 nitrogen and oxygen atoms in total. The van der Waals surface area contributed by atoms with Crippen LogP contribution in [0.25, 0.3) is 0 Å². The van der Waals surface area contributed by atoms with E-state index in [0.29, 0.717) is 0 Å². The van der Waals surface area contributed by atoms with Gasteiger partial charge in [-0.25, -0.2) is 0 Å². The van der Waals surface area contributed by atoms with Crippen molar-refractivity contribution in [2.45, 2.75) is 23.2 Å². The topological polar surface area (TPSA) is 46.4 Å². The molecule has 0 radical (unpaired) electrons. The minimum atomic E-state index is -0.305. The van der Waals surface area contributed by atoms with Crippen molar-refractivity contribution in [1.82, 2.24) is 4.90 Å². The number of fused-ring (bicyclic) bond motifs is 4. The van der Waals surface area contributed by atoms with Crippen LogP contribution in [0.2, 0.25) is 0 Å². The van der Waals surface area contributed by atoms with Crippen molar-refractivity contribution >= 4 is 17.4 Å². The van der Waals surface area contributed by atoms with Gasteiger partial charge >= 0.3 is 0 Å². The maximum atomic E-state index is 11.0. The number of thioether (sulfide) groups is 1. The third-order valence-corrected chi connectivity index (χ3v) is 5.62. The number of hydrogen-bond donors (Lipinski definition) is 0. The van der Waals surface area contributed by atoms with Crippen LogP contribution < -0.4 is 0 Å². The van der Waals surface area contributed by atoms with Crippen molar-refractivity contribution in [3.05, 3.63) is 69.3 Å². The highest BCUT2D eigenvalue weighted by atomic mass is 32.2. The summed E-state index contributed by atoms with van der Waals surface area (Å²) in [5, 5.41) is 11.2. The molecule has 0 amide bonds. The van der Waals surface area contributed by atoms with Crippen molar-refractivity contribution < 1.29 is 4.92 Å². The summed E-state index contributed by atoms with van der Waals surface area (Å²) in [4.78, 5) is 14.4. The summed E-state index contributed by atoms with van der Waals surface area (Å²) in [6.45, 7) is 1.94. The monoisotopic (exact) mass is 298 g/mol. The molecule has 2 aromatic rings. The first-order chi connectivity index (χ1) is 10.2. The second kappa shape index (κ2) is 4.86. The molecule has 1 atom stereocenters. The van der Waals surface area contributed by atoms with Gasteiger partial charge in [0.1, 0.15) is 0 Å². The third kappa shape index (κ3) is 2.13. The van der Waals surface area contributed by atoms with Crippen LogP contribution in [0.1, 0.15) is 22.1 Å². The Labute approximate surface area is 126 Å². The molecule has 0 bridgehead atoms. The lowest BCUT2D eigenvalue weighted by Crippen LogP contribution is -2.35. The molecule has 2 heterocycles. The molecule has 0 aromatic heterocycles. The molecule has 0 spiro atoms. The predicted molar refractivity (Wildman–Crippen MR) is 82.3 cm³/mol. The van der Waals surface area contributed by atoms with Crippen molar-refractivity contribution in [3.63, 3.8) is 0 Å². The van der Waals surface area contributed by atoms with Crippen molar-refractivity contribution in [2.24, 2.45) is 0 Å². The summed E-state index contributed by atoms with van der Waals surface area (Å²) in [7, 11) is 0. The average Bonchev–Trinajstić information content (AvgIpc) is 2.52. The van der Waals surface area contributed by atoms with E-state index in [1.54, 1.807) is 12.1 Å². The summed E-state index contributed by atoms with van der Waals surface area (Å²) in [5.41, 5.74) is 3.89. The van der Waals surface area contributed by atoms with Gasteiger partial charge in [0.25, 0.3) is 5.69 Å². The van der Waals surface area contributed by atoms with E-state index in [9.17, 15) is 10.1 Å². The lowest BCUT2D eigenvalue weighted by Gasteiger charge is -2.40. The second-order valence-electron chi connectivity index (χ2n) is 5.44. The van der Waals surface area contributed by atoms with Gasteiger partial charge in [-0.2, -0.15) is 0 Å². The Balaban J connectivity index is 1.78. The van der Waals surface area contributed by atoms with Gasteiger partial charge < -0.3 is 0 Å². The number of non-ortho nitro benzene ring substituents is 1. The molecule has 2 aromatic carbocycles. The Kier molecular flexibility index (Phi) is 2.97. The SMILES string of the molecule is O=[N+]([O-])c1ccc2c(c1)C1Sc3ccccc3CN1CC2. The Morgan fingerprint density at radius 1 is 1.19 bits per heavy atom. The van der Waals surface area contributed by atoms with Crippen LogP contribution in [0.4, 0.5) is 5.69 Å². The average molecular weight is 298 g/mol. The number of hydrogen-bond acceptors (Lipinski definition) is 4. The number of nitrogens with zero attached hydrogens (tertiary/aromatic N) is 2. The van der Waals surface area contributed by atoms with Crippen LogP contribution in [0.3, 0.4) is 0 Å². The van der Waals surface area contributed by atoms with Crippen molar-refractivity contribution in [1.29, 1.82) is 0 Å². The number of benzene rings is 2. The van der Waals surface area contributed by atoms with Crippen LogP contribution >= 0.6 is 11.8 Å². The summed E-state index contributed by atoms with van der Waals surface area (Å²) in [6, 6.07) is 13.7. The molecule has 0 aliphatic carbocycles. The molecule has 5 heteroatoms. The molecule has 0 N–H and O–H groups in total. The molecule has 1 unspecified atom stereocenters. The number of nitro benzene ring substituents is 1. The van der Waals surface area contributed by atoms with E-state index in [-0.39, 0.29) is 16.0 Å². The molecule has 0 saturated heterocycles. The maximum Gasteiger partial charge on any atom is 0.269 e. The first-order valence-electron chi connectivity index (χ1n) is 6.98. The van der Waals surface area contributed by atoms with Crippen LogP contribution in [-0.2, 0) is 13.0 Å². The highest BCUT2D eigenvalue weighted by Crippen LogP contribution is 2.48. The molecular weight excluding hydrogens is 284 g/mol. The van der Waals surface area contributed by atoms with Gasteiger partial charge in [-0.3, -0.25) is 15.0 Å². The molecule has 4 rings (SSSR count). The van der Waals surface area contributed by atoms with Gasteiger partial charge in [0.05, 0.1) is 10.3 Å². The highest BCUT2D eigenvalue weighted by molar-refractivity contribution is 7.99. The van der Waals surface area contributed by atoms with E-state index >= 15 is 0 Å². The minimum absolute atomic E-state index is 0.190. The van der Waals surface area contributed by atoms with E-state index in [1.165, 1.54) is 16.0 Å². The van der Waals surface area contributed by atoms with Crippen molar-refractivity contribution in [3.8, 4) is 0 Å². The summed E-state index contributed by atoms with van der Waals surface area (Å²) < 4.78 is 0. The molecule has 0 fully saturated rings. The first kappa shape index (κ1) is 12.9. The molecule has 21 heavy (non-hydrogen) atoms. The molecule has 2 aliphatic heterocycles. The summed E-state index contributed by atoms with van der Waals surface area (Å²) in [6.07, 6.45) is 0.965. The summed E-state index contributed by atoms with van der Waals surface area (Å²) in [5.74, 6) is 0. The Morgan fingerprint density at radius 2 is 2.05 bits per heavy atom. The van der Waals surface area contributed by atoms with Crippen LogP contribution in [0, 0.1) is 10.1 Å². The van der Waals surface area contributed by atoms with E-state index in [1.807, 2.05) is 17.8 Å². The fourth-order valence-corrected chi connectivity index (χ4v) is 4.48. The van der Waals surface area contributed by atoms with Gasteiger partial charge in [0, 0.05) is 30.1 Å². The van der Waals surface area contributed by atoms with E-state index in [0.717, 1.165) is 25.1 Å². The minimum Gasteiger partial charge on any atom is -0.283 e. The normalized spacial score (nSPS) is 20.3. The molecule has 2 aliphatic rings. The van der Waals surface area contributed by atoms with Crippen LogP contribution in [0.5, 0.6) is 0 Å².